The molecule has 19 heavy (non-hydrogen) atoms. The van der Waals surface area contributed by atoms with E-state index < -0.39 is 18.3 Å². The number of aliphatic hydroxyl groups excluding tert-OH is 1. The molecule has 0 bridgehead atoms. The predicted molar refractivity (Wildman–Crippen MR) is 63.5 cm³/mol. The van der Waals surface area contributed by atoms with E-state index in [2.05, 4.69) is 9.97 Å². The van der Waals surface area contributed by atoms with Crippen molar-refractivity contribution < 1.29 is 18.3 Å². The fourth-order valence-corrected chi connectivity index (χ4v) is 2.27. The summed E-state index contributed by atoms with van der Waals surface area (Å²) in [4.78, 5) is 7.76. The molecule has 0 saturated carbocycles. The van der Waals surface area contributed by atoms with E-state index in [0.717, 1.165) is 17.8 Å². The van der Waals surface area contributed by atoms with Gasteiger partial charge in [0.25, 0.3) is 0 Å². The molecule has 1 aromatic carbocycles. The van der Waals surface area contributed by atoms with Gasteiger partial charge in [0.15, 0.2) is 5.16 Å². The Morgan fingerprint density at radius 3 is 2.42 bits per heavy atom. The number of rotatable bonds is 3. The highest BCUT2D eigenvalue weighted by Gasteiger charge is 2.34. The molecule has 0 spiro atoms. The highest BCUT2D eigenvalue weighted by atomic mass is 32.2. The van der Waals surface area contributed by atoms with E-state index in [4.69, 9.17) is 5.11 Å². The van der Waals surface area contributed by atoms with Gasteiger partial charge < -0.3 is 5.11 Å². The molecule has 0 aliphatic heterocycles. The molecular formula is C12H9F3N2OS. The van der Waals surface area contributed by atoms with E-state index in [-0.39, 0.29) is 15.6 Å². The van der Waals surface area contributed by atoms with E-state index in [0.29, 0.717) is 0 Å². The molecule has 2 rings (SSSR count). The normalized spacial score (nSPS) is 11.6. The van der Waals surface area contributed by atoms with Gasteiger partial charge in [0.05, 0.1) is 12.2 Å². The second-order valence-electron chi connectivity index (χ2n) is 3.62. The molecule has 1 N–H and O–H groups in total. The van der Waals surface area contributed by atoms with Gasteiger partial charge in [-0.05, 0) is 35.5 Å². The zero-order chi connectivity index (χ0) is 13.9. The van der Waals surface area contributed by atoms with Crippen molar-refractivity contribution in [1.29, 1.82) is 0 Å². The highest BCUT2D eigenvalue weighted by Crippen LogP contribution is 2.38. The zero-order valence-electron chi connectivity index (χ0n) is 9.55. The van der Waals surface area contributed by atoms with Gasteiger partial charge in [-0.3, -0.25) is 0 Å². The molecule has 0 aliphatic rings. The summed E-state index contributed by atoms with van der Waals surface area (Å²) in [5.74, 6) is 0. The van der Waals surface area contributed by atoms with Crippen molar-refractivity contribution >= 4 is 11.8 Å². The number of hydrogen-bond acceptors (Lipinski definition) is 4. The maximum absolute atomic E-state index is 12.9. The first-order valence-electron chi connectivity index (χ1n) is 5.26. The van der Waals surface area contributed by atoms with Crippen LogP contribution in [-0.2, 0) is 12.8 Å². The SMILES string of the molecule is OCc1ccc(Sc2ncccn2)c(C(F)(F)F)c1. The molecule has 7 heteroatoms. The third-order valence-corrected chi connectivity index (χ3v) is 3.24. The van der Waals surface area contributed by atoms with Crippen molar-refractivity contribution in [3.05, 3.63) is 47.8 Å². The fraction of sp³-hybridized carbons (Fsp3) is 0.167. The van der Waals surface area contributed by atoms with E-state index in [1.807, 2.05) is 0 Å². The lowest BCUT2D eigenvalue weighted by molar-refractivity contribution is -0.139. The molecule has 1 aromatic heterocycles. The summed E-state index contributed by atoms with van der Waals surface area (Å²) in [6, 6.07) is 5.28. The topological polar surface area (TPSA) is 46.0 Å². The molecule has 2 aromatic rings. The Kier molecular flexibility index (Phi) is 4.06. The minimum atomic E-state index is -4.48. The third-order valence-electron chi connectivity index (χ3n) is 2.28. The number of alkyl halides is 3. The van der Waals surface area contributed by atoms with Gasteiger partial charge in [-0.2, -0.15) is 13.2 Å². The second kappa shape index (κ2) is 5.58. The second-order valence-corrected chi connectivity index (χ2v) is 4.63. The highest BCUT2D eigenvalue weighted by molar-refractivity contribution is 7.99. The molecule has 0 atom stereocenters. The minimum absolute atomic E-state index is 0.0101. The first-order valence-corrected chi connectivity index (χ1v) is 6.08. The van der Waals surface area contributed by atoms with Crippen LogP contribution in [0.4, 0.5) is 13.2 Å². The Balaban J connectivity index is 2.40. The average Bonchev–Trinajstić information content (AvgIpc) is 2.39. The van der Waals surface area contributed by atoms with Crippen LogP contribution in [0.5, 0.6) is 0 Å². The van der Waals surface area contributed by atoms with Crippen LogP contribution >= 0.6 is 11.8 Å². The maximum atomic E-state index is 12.9. The Hall–Kier alpha value is -1.60. The van der Waals surface area contributed by atoms with Crippen LogP contribution in [0.1, 0.15) is 11.1 Å². The number of hydrogen-bond donors (Lipinski definition) is 1. The molecule has 0 unspecified atom stereocenters. The van der Waals surface area contributed by atoms with E-state index in [1.165, 1.54) is 24.5 Å². The molecule has 0 fully saturated rings. The number of aromatic nitrogens is 2. The molecule has 0 radical (unpaired) electrons. The van der Waals surface area contributed by atoms with Gasteiger partial charge >= 0.3 is 6.18 Å². The minimum Gasteiger partial charge on any atom is -0.392 e. The molecule has 100 valence electrons. The lowest BCUT2D eigenvalue weighted by atomic mass is 10.1. The number of benzene rings is 1. The summed E-state index contributed by atoms with van der Waals surface area (Å²) in [5.41, 5.74) is -0.581. The van der Waals surface area contributed by atoms with Crippen LogP contribution in [0.25, 0.3) is 0 Å². The summed E-state index contributed by atoms with van der Waals surface area (Å²) >= 11 is 0.836. The lowest BCUT2D eigenvalue weighted by Gasteiger charge is -2.12. The van der Waals surface area contributed by atoms with Crippen LogP contribution in [0.3, 0.4) is 0 Å². The molecule has 0 amide bonds. The Bertz CT molecular complexity index is 561. The van der Waals surface area contributed by atoms with Crippen LogP contribution in [-0.4, -0.2) is 15.1 Å². The molecule has 1 heterocycles. The zero-order valence-corrected chi connectivity index (χ0v) is 10.4. The average molecular weight is 286 g/mol. The van der Waals surface area contributed by atoms with E-state index >= 15 is 0 Å². The monoisotopic (exact) mass is 286 g/mol. The fourth-order valence-electron chi connectivity index (χ4n) is 1.42. The number of nitrogens with zero attached hydrogens (tertiary/aromatic N) is 2. The Labute approximate surface area is 111 Å². The number of aliphatic hydroxyl groups is 1. The van der Waals surface area contributed by atoms with E-state index in [9.17, 15) is 13.2 Å². The van der Waals surface area contributed by atoms with Crippen molar-refractivity contribution in [3.63, 3.8) is 0 Å². The quantitative estimate of drug-likeness (QED) is 0.880. The van der Waals surface area contributed by atoms with Crippen LogP contribution in [0.15, 0.2) is 46.7 Å². The van der Waals surface area contributed by atoms with Crippen LogP contribution in [0.2, 0.25) is 0 Å². The summed E-state index contributed by atoms with van der Waals surface area (Å²) in [5, 5.41) is 9.15. The van der Waals surface area contributed by atoms with E-state index in [1.54, 1.807) is 6.07 Å². The van der Waals surface area contributed by atoms with Gasteiger partial charge in [0.2, 0.25) is 0 Å². The van der Waals surface area contributed by atoms with Crippen molar-refractivity contribution in [2.24, 2.45) is 0 Å². The Morgan fingerprint density at radius 2 is 1.84 bits per heavy atom. The smallest absolute Gasteiger partial charge is 0.392 e. The molecular weight excluding hydrogens is 277 g/mol. The predicted octanol–water partition coefficient (Wildman–Crippen LogP) is 3.14. The van der Waals surface area contributed by atoms with Crippen molar-refractivity contribution in [1.82, 2.24) is 9.97 Å². The van der Waals surface area contributed by atoms with Crippen LogP contribution in [0, 0.1) is 0 Å². The van der Waals surface area contributed by atoms with Gasteiger partial charge in [0, 0.05) is 17.3 Å². The molecule has 0 aliphatic carbocycles. The van der Waals surface area contributed by atoms with Gasteiger partial charge in [-0.15, -0.1) is 0 Å². The molecule has 0 saturated heterocycles. The largest absolute Gasteiger partial charge is 0.417 e. The van der Waals surface area contributed by atoms with Crippen molar-refractivity contribution in [2.75, 3.05) is 0 Å². The standard InChI is InChI=1S/C12H9F3N2OS/c13-12(14,15)9-6-8(7-18)2-3-10(9)19-11-16-4-1-5-17-11/h1-6,18H,7H2. The first-order chi connectivity index (χ1) is 9.00. The van der Waals surface area contributed by atoms with Gasteiger partial charge in [0.1, 0.15) is 0 Å². The lowest BCUT2D eigenvalue weighted by Crippen LogP contribution is -2.08. The third kappa shape index (κ3) is 3.45. The molecule has 3 nitrogen and oxygen atoms in total. The van der Waals surface area contributed by atoms with Crippen molar-refractivity contribution in [2.45, 2.75) is 22.8 Å². The van der Waals surface area contributed by atoms with Crippen LogP contribution < -0.4 is 0 Å². The Morgan fingerprint density at radius 1 is 1.16 bits per heavy atom. The van der Waals surface area contributed by atoms with Crippen molar-refractivity contribution in [3.8, 4) is 0 Å². The summed E-state index contributed by atoms with van der Waals surface area (Å²) < 4.78 is 38.8. The summed E-state index contributed by atoms with van der Waals surface area (Å²) in [6.07, 6.45) is -1.56. The maximum Gasteiger partial charge on any atom is 0.417 e. The first kappa shape index (κ1) is 13.8. The van der Waals surface area contributed by atoms with Gasteiger partial charge in [-0.25, -0.2) is 9.97 Å². The summed E-state index contributed by atoms with van der Waals surface area (Å²) in [7, 11) is 0. The van der Waals surface area contributed by atoms with Gasteiger partial charge in [-0.1, -0.05) is 6.07 Å². The summed E-state index contributed by atoms with van der Waals surface area (Å²) in [6.45, 7) is -0.435. The number of halogens is 3.